The van der Waals surface area contributed by atoms with Gasteiger partial charge in [0.2, 0.25) is 5.91 Å². The summed E-state index contributed by atoms with van der Waals surface area (Å²) in [7, 11) is 1.63. The summed E-state index contributed by atoms with van der Waals surface area (Å²) in [6.45, 7) is 1.82. The molecular formula is C11H15NO3. The molecule has 0 aliphatic carbocycles. The highest BCUT2D eigenvalue weighted by atomic mass is 16.4. The van der Waals surface area contributed by atoms with Crippen molar-refractivity contribution in [2.45, 2.75) is 13.3 Å². The number of benzene rings is 1. The van der Waals surface area contributed by atoms with Gasteiger partial charge in [0, 0.05) is 13.5 Å². The molecule has 1 aromatic carbocycles. The Hall–Kier alpha value is -1.84. The lowest BCUT2D eigenvalue weighted by molar-refractivity contribution is -0.120. The molecule has 4 heteroatoms. The molecule has 1 aromatic rings. The number of carbonyl (C=O) groups excluding carboxylic acids is 1. The third-order valence-corrected chi connectivity index (χ3v) is 1.62. The van der Waals surface area contributed by atoms with E-state index in [1.165, 1.54) is 0 Å². The quantitative estimate of drug-likeness (QED) is 0.776. The van der Waals surface area contributed by atoms with Crippen molar-refractivity contribution < 1.29 is 14.7 Å². The van der Waals surface area contributed by atoms with Crippen LogP contribution >= 0.6 is 0 Å². The number of rotatable bonds is 2. The van der Waals surface area contributed by atoms with Gasteiger partial charge in [-0.2, -0.15) is 0 Å². The molecule has 0 saturated carbocycles. The molecule has 0 saturated heterocycles. The Kier molecular flexibility index (Phi) is 6.63. The zero-order chi connectivity index (χ0) is 11.7. The molecule has 2 N–H and O–H groups in total. The van der Waals surface area contributed by atoms with Crippen molar-refractivity contribution in [3.63, 3.8) is 0 Å². The summed E-state index contributed by atoms with van der Waals surface area (Å²) in [5.74, 6) is -0.786. The Morgan fingerprint density at radius 3 is 2.00 bits per heavy atom. The Balaban J connectivity index is 0.000000288. The Morgan fingerprint density at radius 2 is 1.80 bits per heavy atom. The third-order valence-electron chi connectivity index (χ3n) is 1.62. The Morgan fingerprint density at radius 1 is 1.27 bits per heavy atom. The van der Waals surface area contributed by atoms with Crippen LogP contribution in [0, 0.1) is 0 Å². The van der Waals surface area contributed by atoms with Crippen LogP contribution in [-0.4, -0.2) is 24.0 Å². The van der Waals surface area contributed by atoms with Crippen molar-refractivity contribution in [2.24, 2.45) is 0 Å². The van der Waals surface area contributed by atoms with E-state index in [0.717, 1.165) is 0 Å². The predicted molar refractivity (Wildman–Crippen MR) is 57.8 cm³/mol. The van der Waals surface area contributed by atoms with E-state index in [1.807, 2.05) is 6.92 Å². The van der Waals surface area contributed by atoms with Gasteiger partial charge in [-0.1, -0.05) is 25.1 Å². The number of aromatic carboxylic acids is 1. The highest BCUT2D eigenvalue weighted by Gasteiger charge is 1.96. The monoisotopic (exact) mass is 209 g/mol. The molecule has 1 amide bonds. The molecule has 0 heterocycles. The number of carboxylic acids is 1. The first-order valence-electron chi connectivity index (χ1n) is 4.60. The van der Waals surface area contributed by atoms with Crippen LogP contribution in [0.25, 0.3) is 0 Å². The number of hydrogen-bond donors (Lipinski definition) is 2. The van der Waals surface area contributed by atoms with Crippen molar-refractivity contribution in [2.75, 3.05) is 7.05 Å². The summed E-state index contributed by atoms with van der Waals surface area (Å²) in [5, 5.41) is 10.9. The van der Waals surface area contributed by atoms with Gasteiger partial charge in [-0.15, -0.1) is 0 Å². The number of nitrogens with one attached hydrogen (secondary N) is 1. The molecule has 0 fully saturated rings. The topological polar surface area (TPSA) is 66.4 Å². The van der Waals surface area contributed by atoms with Crippen LogP contribution in [0.5, 0.6) is 0 Å². The van der Waals surface area contributed by atoms with Gasteiger partial charge >= 0.3 is 5.97 Å². The second-order valence-electron chi connectivity index (χ2n) is 2.70. The minimum atomic E-state index is -0.879. The van der Waals surface area contributed by atoms with Gasteiger partial charge in [-0.05, 0) is 12.1 Å². The van der Waals surface area contributed by atoms with E-state index >= 15 is 0 Å². The first kappa shape index (κ1) is 13.2. The van der Waals surface area contributed by atoms with E-state index in [4.69, 9.17) is 5.11 Å². The summed E-state index contributed by atoms with van der Waals surface area (Å²) in [6, 6.07) is 8.30. The van der Waals surface area contributed by atoms with Crippen LogP contribution < -0.4 is 5.32 Å². The fourth-order valence-corrected chi connectivity index (χ4v) is 0.758. The highest BCUT2D eigenvalue weighted by molar-refractivity contribution is 5.87. The fourth-order valence-electron chi connectivity index (χ4n) is 0.758. The van der Waals surface area contributed by atoms with Gasteiger partial charge in [0.25, 0.3) is 0 Å². The molecule has 1 rings (SSSR count). The van der Waals surface area contributed by atoms with Crippen LogP contribution in [0.3, 0.4) is 0 Å². The lowest BCUT2D eigenvalue weighted by Crippen LogP contribution is -2.15. The van der Waals surface area contributed by atoms with Gasteiger partial charge < -0.3 is 10.4 Å². The van der Waals surface area contributed by atoms with Gasteiger partial charge in [-0.25, -0.2) is 4.79 Å². The first-order chi connectivity index (χ1) is 7.11. The fraction of sp³-hybridized carbons (Fsp3) is 0.273. The molecule has 82 valence electrons. The second kappa shape index (κ2) is 7.55. The molecular weight excluding hydrogens is 194 g/mol. The maximum absolute atomic E-state index is 10.2. The van der Waals surface area contributed by atoms with Crippen LogP contribution in [0.2, 0.25) is 0 Å². The zero-order valence-electron chi connectivity index (χ0n) is 8.86. The third kappa shape index (κ3) is 6.26. The van der Waals surface area contributed by atoms with E-state index in [2.05, 4.69) is 5.32 Å². The molecule has 0 aromatic heterocycles. The standard InChI is InChI=1S/C7H6O2.C4H9NO/c8-7(9)6-4-2-1-3-5-6;1-3-4(6)5-2/h1-5H,(H,8,9);3H2,1-2H3,(H,5,6). The van der Waals surface area contributed by atoms with Crippen molar-refractivity contribution >= 4 is 11.9 Å². The Labute approximate surface area is 88.9 Å². The highest BCUT2D eigenvalue weighted by Crippen LogP contribution is 1.96. The van der Waals surface area contributed by atoms with Gasteiger partial charge in [0.05, 0.1) is 5.56 Å². The van der Waals surface area contributed by atoms with E-state index < -0.39 is 5.97 Å². The summed E-state index contributed by atoms with van der Waals surface area (Å²) in [5.41, 5.74) is 0.331. The van der Waals surface area contributed by atoms with Gasteiger partial charge in [-0.3, -0.25) is 4.79 Å². The molecule has 0 aliphatic heterocycles. The van der Waals surface area contributed by atoms with Crippen molar-refractivity contribution in [1.29, 1.82) is 0 Å². The Bertz CT molecular complexity index is 303. The van der Waals surface area contributed by atoms with E-state index in [9.17, 15) is 9.59 Å². The molecule has 0 radical (unpaired) electrons. The minimum Gasteiger partial charge on any atom is -0.478 e. The van der Waals surface area contributed by atoms with Crippen molar-refractivity contribution in [3.8, 4) is 0 Å². The van der Waals surface area contributed by atoms with Crippen LogP contribution in [0.15, 0.2) is 30.3 Å². The summed E-state index contributed by atoms with van der Waals surface area (Å²) < 4.78 is 0. The molecule has 0 atom stereocenters. The molecule has 15 heavy (non-hydrogen) atoms. The molecule has 0 bridgehead atoms. The molecule has 0 spiro atoms. The average molecular weight is 209 g/mol. The molecule has 4 nitrogen and oxygen atoms in total. The van der Waals surface area contributed by atoms with Crippen LogP contribution in [0.4, 0.5) is 0 Å². The van der Waals surface area contributed by atoms with Gasteiger partial charge in [0.15, 0.2) is 0 Å². The smallest absolute Gasteiger partial charge is 0.335 e. The van der Waals surface area contributed by atoms with Crippen LogP contribution in [-0.2, 0) is 4.79 Å². The second-order valence-corrected chi connectivity index (χ2v) is 2.70. The maximum atomic E-state index is 10.2. The number of carboxylic acid groups (broad SMARTS) is 1. The first-order valence-corrected chi connectivity index (χ1v) is 4.60. The summed E-state index contributed by atoms with van der Waals surface area (Å²) in [4.78, 5) is 20.3. The normalized spacial score (nSPS) is 8.40. The van der Waals surface area contributed by atoms with Gasteiger partial charge in [0.1, 0.15) is 0 Å². The number of hydrogen-bond acceptors (Lipinski definition) is 2. The summed E-state index contributed by atoms with van der Waals surface area (Å²) in [6.07, 6.45) is 0.580. The van der Waals surface area contributed by atoms with Crippen molar-refractivity contribution in [3.05, 3.63) is 35.9 Å². The van der Waals surface area contributed by atoms with E-state index in [-0.39, 0.29) is 5.91 Å². The number of carbonyl (C=O) groups is 2. The zero-order valence-corrected chi connectivity index (χ0v) is 8.86. The van der Waals surface area contributed by atoms with E-state index in [1.54, 1.807) is 37.4 Å². The number of amides is 1. The minimum absolute atomic E-state index is 0.0926. The summed E-state index contributed by atoms with van der Waals surface area (Å²) >= 11 is 0. The average Bonchev–Trinajstić information content (AvgIpc) is 2.30. The lowest BCUT2D eigenvalue weighted by atomic mass is 10.2. The van der Waals surface area contributed by atoms with Crippen molar-refractivity contribution in [1.82, 2.24) is 5.32 Å². The molecule has 0 aliphatic rings. The SMILES string of the molecule is CCC(=O)NC.O=C(O)c1ccccc1. The molecule has 0 unspecified atom stereocenters. The lowest BCUT2D eigenvalue weighted by Gasteiger charge is -1.88. The van der Waals surface area contributed by atoms with Crippen LogP contribution in [0.1, 0.15) is 23.7 Å². The maximum Gasteiger partial charge on any atom is 0.335 e. The predicted octanol–water partition coefficient (Wildman–Crippen LogP) is 1.53. The van der Waals surface area contributed by atoms with E-state index in [0.29, 0.717) is 12.0 Å². The largest absolute Gasteiger partial charge is 0.478 e.